The number of thioether (sulfide) groups is 1. The van der Waals surface area contributed by atoms with Gasteiger partial charge >= 0.3 is 0 Å². The Hall–Kier alpha value is -1.73. The van der Waals surface area contributed by atoms with Crippen molar-refractivity contribution < 1.29 is 4.79 Å². The van der Waals surface area contributed by atoms with Crippen LogP contribution in [-0.2, 0) is 18.4 Å². The van der Waals surface area contributed by atoms with Gasteiger partial charge in [-0.05, 0) is 18.2 Å². The number of aromatic nitrogens is 3. The van der Waals surface area contributed by atoms with Crippen LogP contribution in [0.3, 0.4) is 0 Å². The first-order valence-electron chi connectivity index (χ1n) is 5.85. The molecule has 1 aromatic heterocycles. The van der Waals surface area contributed by atoms with Crippen molar-refractivity contribution in [2.24, 2.45) is 12.8 Å². The van der Waals surface area contributed by atoms with Crippen molar-refractivity contribution in [1.29, 1.82) is 0 Å². The zero-order valence-corrected chi connectivity index (χ0v) is 12.4. The number of carbonyl (C=O) groups is 1. The Morgan fingerprint density at radius 1 is 1.50 bits per heavy atom. The van der Waals surface area contributed by atoms with E-state index in [2.05, 4.69) is 15.5 Å². The second kappa shape index (κ2) is 6.62. The van der Waals surface area contributed by atoms with Crippen LogP contribution < -0.4 is 11.1 Å². The van der Waals surface area contributed by atoms with Crippen molar-refractivity contribution in [1.82, 2.24) is 14.8 Å². The minimum Gasteiger partial charge on any atom is -0.378 e. The fraction of sp³-hybridized carbons (Fsp3) is 0.250. The van der Waals surface area contributed by atoms with Crippen LogP contribution in [0.5, 0.6) is 0 Å². The number of hydrogen-bond acceptors (Lipinski definition) is 5. The summed E-state index contributed by atoms with van der Waals surface area (Å²) in [5.41, 5.74) is 6.01. The van der Waals surface area contributed by atoms with Crippen molar-refractivity contribution in [3.63, 3.8) is 0 Å². The Morgan fingerprint density at radius 3 is 3.00 bits per heavy atom. The van der Waals surface area contributed by atoms with Crippen molar-refractivity contribution in [3.05, 3.63) is 35.1 Å². The number of rotatable bonds is 6. The van der Waals surface area contributed by atoms with Crippen LogP contribution in [0, 0.1) is 0 Å². The second-order valence-electron chi connectivity index (χ2n) is 4.08. The third-order valence-corrected chi connectivity index (χ3v) is 3.82. The highest BCUT2D eigenvalue weighted by molar-refractivity contribution is 7.99. The SMILES string of the molecule is Cn1c(CNc2cccc(Cl)c2)nnc1SCC(N)=O. The minimum absolute atomic E-state index is 0.188. The highest BCUT2D eigenvalue weighted by Crippen LogP contribution is 2.17. The van der Waals surface area contributed by atoms with Gasteiger partial charge in [-0.1, -0.05) is 29.4 Å². The summed E-state index contributed by atoms with van der Waals surface area (Å²) in [5.74, 6) is 0.571. The first kappa shape index (κ1) is 14.7. The molecule has 20 heavy (non-hydrogen) atoms. The molecule has 0 saturated heterocycles. The second-order valence-corrected chi connectivity index (χ2v) is 5.46. The molecule has 0 atom stereocenters. The van der Waals surface area contributed by atoms with Crippen LogP contribution >= 0.6 is 23.4 Å². The average molecular weight is 312 g/mol. The molecule has 0 aliphatic rings. The zero-order chi connectivity index (χ0) is 14.5. The molecule has 2 rings (SSSR count). The summed E-state index contributed by atoms with van der Waals surface area (Å²) in [5, 5.41) is 12.6. The number of nitrogens with one attached hydrogen (secondary N) is 1. The van der Waals surface area contributed by atoms with Crippen molar-refractivity contribution in [2.75, 3.05) is 11.1 Å². The fourth-order valence-corrected chi connectivity index (χ4v) is 2.40. The molecule has 0 aliphatic carbocycles. The molecule has 1 amide bonds. The van der Waals surface area contributed by atoms with Crippen molar-refractivity contribution in [3.8, 4) is 0 Å². The fourth-order valence-electron chi connectivity index (χ4n) is 1.54. The molecule has 0 unspecified atom stereocenters. The summed E-state index contributed by atoms with van der Waals surface area (Å²) in [6.07, 6.45) is 0. The summed E-state index contributed by atoms with van der Waals surface area (Å²) < 4.78 is 1.82. The molecule has 6 nitrogen and oxygen atoms in total. The topological polar surface area (TPSA) is 85.8 Å². The lowest BCUT2D eigenvalue weighted by Gasteiger charge is -2.06. The highest BCUT2D eigenvalue weighted by Gasteiger charge is 2.10. The Kier molecular flexibility index (Phi) is 4.86. The number of nitrogens with two attached hydrogens (primary N) is 1. The highest BCUT2D eigenvalue weighted by atomic mass is 35.5. The molecular weight excluding hydrogens is 298 g/mol. The number of benzene rings is 1. The molecule has 3 N–H and O–H groups in total. The number of primary amides is 1. The van der Waals surface area contributed by atoms with Gasteiger partial charge in [-0.15, -0.1) is 10.2 Å². The molecule has 0 radical (unpaired) electrons. The van der Waals surface area contributed by atoms with E-state index in [4.69, 9.17) is 17.3 Å². The zero-order valence-electron chi connectivity index (χ0n) is 10.8. The van der Waals surface area contributed by atoms with Gasteiger partial charge in [-0.2, -0.15) is 0 Å². The minimum atomic E-state index is -0.378. The van der Waals surface area contributed by atoms with Crippen LogP contribution in [0.1, 0.15) is 5.82 Å². The first-order valence-corrected chi connectivity index (χ1v) is 7.21. The van der Waals surface area contributed by atoms with E-state index in [1.165, 1.54) is 11.8 Å². The molecule has 0 aliphatic heterocycles. The van der Waals surface area contributed by atoms with Gasteiger partial charge in [0.25, 0.3) is 0 Å². The van der Waals surface area contributed by atoms with E-state index < -0.39 is 0 Å². The maximum atomic E-state index is 10.8. The first-order chi connectivity index (χ1) is 9.56. The summed E-state index contributed by atoms with van der Waals surface area (Å²) in [4.78, 5) is 10.8. The predicted octanol–water partition coefficient (Wildman–Crippen LogP) is 1.66. The van der Waals surface area contributed by atoms with E-state index in [-0.39, 0.29) is 11.7 Å². The van der Waals surface area contributed by atoms with Gasteiger partial charge in [0.15, 0.2) is 11.0 Å². The van der Waals surface area contributed by atoms with Crippen molar-refractivity contribution >= 4 is 35.0 Å². The van der Waals surface area contributed by atoms with Crippen LogP contribution in [0.25, 0.3) is 0 Å². The Morgan fingerprint density at radius 2 is 2.30 bits per heavy atom. The van der Waals surface area contributed by atoms with E-state index in [1.54, 1.807) is 0 Å². The lowest BCUT2D eigenvalue weighted by Crippen LogP contribution is -2.13. The molecular formula is C12H14ClN5OS. The monoisotopic (exact) mass is 311 g/mol. The van der Waals surface area contributed by atoms with E-state index >= 15 is 0 Å². The van der Waals surface area contributed by atoms with Crippen molar-refractivity contribution in [2.45, 2.75) is 11.7 Å². The van der Waals surface area contributed by atoms with Gasteiger partial charge in [-0.25, -0.2) is 0 Å². The predicted molar refractivity (Wildman–Crippen MR) is 79.7 cm³/mol. The molecule has 2 aromatic rings. The van der Waals surface area contributed by atoms with Crippen LogP contribution in [0.15, 0.2) is 29.4 Å². The largest absolute Gasteiger partial charge is 0.378 e. The number of halogens is 1. The van der Waals surface area contributed by atoms with E-state index in [0.717, 1.165) is 11.5 Å². The third-order valence-electron chi connectivity index (χ3n) is 2.54. The normalized spacial score (nSPS) is 10.5. The Bertz CT molecular complexity index is 616. The van der Waals surface area contributed by atoms with Crippen LogP contribution in [-0.4, -0.2) is 26.4 Å². The number of hydrogen-bond donors (Lipinski definition) is 2. The van der Waals surface area contributed by atoms with Crippen LogP contribution in [0.2, 0.25) is 5.02 Å². The lowest BCUT2D eigenvalue weighted by atomic mass is 10.3. The summed E-state index contributed by atoms with van der Waals surface area (Å²) >= 11 is 7.18. The maximum Gasteiger partial charge on any atom is 0.227 e. The number of carbonyl (C=O) groups excluding carboxylic acids is 1. The molecule has 0 fully saturated rings. The summed E-state index contributed by atoms with van der Waals surface area (Å²) in [6.45, 7) is 0.515. The van der Waals surface area contributed by atoms with Crippen LogP contribution in [0.4, 0.5) is 5.69 Å². The van der Waals surface area contributed by atoms with E-state index in [1.807, 2.05) is 35.9 Å². The summed E-state index contributed by atoms with van der Waals surface area (Å²) in [7, 11) is 1.85. The molecule has 106 valence electrons. The van der Waals surface area contributed by atoms with Gasteiger partial charge in [0.2, 0.25) is 5.91 Å². The molecule has 1 heterocycles. The Labute approximate surface area is 125 Å². The number of nitrogens with zero attached hydrogens (tertiary/aromatic N) is 3. The van der Waals surface area contributed by atoms with Gasteiger partial charge in [0.05, 0.1) is 12.3 Å². The smallest absolute Gasteiger partial charge is 0.227 e. The quantitative estimate of drug-likeness (QED) is 0.792. The van der Waals surface area contributed by atoms with Gasteiger partial charge in [-0.3, -0.25) is 4.79 Å². The number of amides is 1. The lowest BCUT2D eigenvalue weighted by molar-refractivity contribution is -0.115. The number of anilines is 1. The van der Waals surface area contributed by atoms with Gasteiger partial charge in [0, 0.05) is 17.8 Å². The molecule has 0 saturated carbocycles. The van der Waals surface area contributed by atoms with Gasteiger partial charge in [0.1, 0.15) is 0 Å². The van der Waals surface area contributed by atoms with E-state index in [0.29, 0.717) is 16.7 Å². The molecule has 1 aromatic carbocycles. The Balaban J connectivity index is 1.98. The molecule has 8 heteroatoms. The molecule has 0 bridgehead atoms. The molecule has 0 spiro atoms. The van der Waals surface area contributed by atoms with Gasteiger partial charge < -0.3 is 15.6 Å². The average Bonchev–Trinajstić information content (AvgIpc) is 2.75. The summed E-state index contributed by atoms with van der Waals surface area (Å²) in [6, 6.07) is 7.44. The van der Waals surface area contributed by atoms with E-state index in [9.17, 15) is 4.79 Å². The standard InChI is InChI=1S/C12H14ClN5OS/c1-18-11(16-17-12(18)20-7-10(14)19)6-15-9-4-2-3-8(13)5-9/h2-5,15H,6-7H2,1H3,(H2,14,19). The third kappa shape index (κ3) is 3.88. The maximum absolute atomic E-state index is 10.8.